The van der Waals surface area contributed by atoms with E-state index >= 15 is 0 Å². The van der Waals surface area contributed by atoms with E-state index in [1.165, 1.54) is 0 Å². The summed E-state index contributed by atoms with van der Waals surface area (Å²) in [6.45, 7) is 2.19. The van der Waals surface area contributed by atoms with E-state index in [0.717, 1.165) is 39.3 Å². The average Bonchev–Trinajstić information content (AvgIpc) is 3.25. The number of para-hydroxylation sites is 1. The van der Waals surface area contributed by atoms with Crippen molar-refractivity contribution >= 4 is 17.6 Å². The van der Waals surface area contributed by atoms with E-state index in [1.807, 2.05) is 90.5 Å². The Morgan fingerprint density at radius 1 is 0.750 bits per heavy atom. The van der Waals surface area contributed by atoms with Gasteiger partial charge >= 0.3 is 5.97 Å². The Bertz CT molecular complexity index is 1460. The molecule has 0 aliphatic heterocycles. The van der Waals surface area contributed by atoms with Crippen LogP contribution in [0.2, 0.25) is 5.02 Å². The van der Waals surface area contributed by atoms with Crippen molar-refractivity contribution in [1.82, 2.24) is 4.68 Å². The highest BCUT2D eigenvalue weighted by Gasteiger charge is 2.35. The fourth-order valence-corrected chi connectivity index (χ4v) is 4.65. The molecular weight excluding hydrogens is 468 g/mol. The van der Waals surface area contributed by atoms with Gasteiger partial charge in [-0.25, -0.2) is 4.79 Å². The van der Waals surface area contributed by atoms with Gasteiger partial charge in [0.25, 0.3) is 6.54 Å². The van der Waals surface area contributed by atoms with Gasteiger partial charge in [-0.05, 0) is 48.9 Å². The molecule has 36 heavy (non-hydrogen) atoms. The second-order valence-corrected chi connectivity index (χ2v) is 8.76. The van der Waals surface area contributed by atoms with Gasteiger partial charge in [0.15, 0.2) is 0 Å². The largest absolute Gasteiger partial charge is 0.461 e. The summed E-state index contributed by atoms with van der Waals surface area (Å²) in [6.07, 6.45) is 0. The number of halogens is 1. The van der Waals surface area contributed by atoms with E-state index in [0.29, 0.717) is 11.6 Å². The first-order chi connectivity index (χ1) is 17.7. The Morgan fingerprint density at radius 2 is 1.31 bits per heavy atom. The van der Waals surface area contributed by atoms with Crippen LogP contribution in [0.3, 0.4) is 0 Å². The monoisotopic (exact) mass is 493 g/mol. The summed E-state index contributed by atoms with van der Waals surface area (Å²) in [7, 11) is 0. The molecule has 0 fully saturated rings. The molecule has 5 aromatic rings. The summed E-state index contributed by atoms with van der Waals surface area (Å²) in [5, 5.41) is 0.655. The smallest absolute Gasteiger partial charge is 0.375 e. The third kappa shape index (κ3) is 4.68. The van der Waals surface area contributed by atoms with Gasteiger partial charge in [0, 0.05) is 16.1 Å². The van der Waals surface area contributed by atoms with Gasteiger partial charge in [-0.3, -0.25) is 0 Å². The zero-order chi connectivity index (χ0) is 24.9. The molecule has 0 amide bonds. The summed E-state index contributed by atoms with van der Waals surface area (Å²) < 4.78 is 9.55. The number of nitrogens with zero attached hydrogens (tertiary/aromatic N) is 2. The molecule has 0 radical (unpaired) electrons. The number of rotatable bonds is 7. The molecule has 4 aromatic carbocycles. The minimum absolute atomic E-state index is 0.0490. The van der Waals surface area contributed by atoms with Crippen LogP contribution in [0.25, 0.3) is 39.3 Å². The van der Waals surface area contributed by atoms with E-state index < -0.39 is 0 Å². The fourth-order valence-electron chi connectivity index (χ4n) is 4.53. The number of carbonyl (C=O) groups is 1. The SMILES string of the molecule is CCOC(=O)C[n+]1c(-c2ccc(Cl)cc2)c(-c2ccccc2)c(-c2ccccc2)n1-c1ccccc1. The first-order valence-electron chi connectivity index (χ1n) is 11.9. The maximum absolute atomic E-state index is 12.9. The van der Waals surface area contributed by atoms with Crippen LogP contribution in [0.1, 0.15) is 6.92 Å². The lowest BCUT2D eigenvalue weighted by atomic mass is 9.95. The fraction of sp³-hybridized carbons (Fsp3) is 0.0968. The van der Waals surface area contributed by atoms with Crippen molar-refractivity contribution in [3.63, 3.8) is 0 Å². The summed E-state index contributed by atoms with van der Waals surface area (Å²) in [5.41, 5.74) is 6.91. The zero-order valence-electron chi connectivity index (χ0n) is 20.0. The third-order valence-corrected chi connectivity index (χ3v) is 6.25. The summed E-state index contributed by atoms with van der Waals surface area (Å²) in [4.78, 5) is 12.9. The molecular formula is C31H26ClN2O2+. The topological polar surface area (TPSA) is 35.1 Å². The van der Waals surface area contributed by atoms with Crippen LogP contribution in [0, 0.1) is 0 Å². The van der Waals surface area contributed by atoms with Crippen LogP contribution >= 0.6 is 11.6 Å². The quantitative estimate of drug-likeness (QED) is 0.181. The van der Waals surface area contributed by atoms with E-state index in [-0.39, 0.29) is 12.5 Å². The lowest BCUT2D eigenvalue weighted by Gasteiger charge is -2.09. The van der Waals surface area contributed by atoms with E-state index in [2.05, 4.69) is 41.1 Å². The minimum Gasteiger partial charge on any atom is -0.461 e. The molecule has 0 aliphatic carbocycles. The molecule has 1 aromatic heterocycles. The number of hydrogen-bond donors (Lipinski definition) is 0. The normalized spacial score (nSPS) is 10.8. The van der Waals surface area contributed by atoms with Gasteiger partial charge in [-0.15, -0.1) is 4.68 Å². The van der Waals surface area contributed by atoms with Gasteiger partial charge in [0.05, 0.1) is 12.2 Å². The number of carbonyl (C=O) groups excluding carboxylic acids is 1. The number of aromatic nitrogens is 2. The van der Waals surface area contributed by atoms with Crippen LogP contribution in [-0.2, 0) is 16.1 Å². The minimum atomic E-state index is -0.299. The van der Waals surface area contributed by atoms with Crippen molar-refractivity contribution in [3.8, 4) is 39.3 Å². The molecule has 0 aliphatic rings. The Labute approximate surface area is 216 Å². The van der Waals surface area contributed by atoms with Gasteiger partial charge in [0.1, 0.15) is 11.4 Å². The summed E-state index contributed by atoms with van der Waals surface area (Å²) in [6, 6.07) is 38.4. The van der Waals surface area contributed by atoms with Gasteiger partial charge in [-0.1, -0.05) is 95.1 Å². The molecule has 178 valence electrons. The summed E-state index contributed by atoms with van der Waals surface area (Å²) in [5.74, 6) is -0.299. The molecule has 4 nitrogen and oxygen atoms in total. The maximum Gasteiger partial charge on any atom is 0.375 e. The highest BCUT2D eigenvalue weighted by molar-refractivity contribution is 6.30. The van der Waals surface area contributed by atoms with Crippen molar-refractivity contribution in [2.75, 3.05) is 6.61 Å². The van der Waals surface area contributed by atoms with Crippen LogP contribution in [0.15, 0.2) is 115 Å². The molecule has 5 rings (SSSR count). The highest BCUT2D eigenvalue weighted by atomic mass is 35.5. The first-order valence-corrected chi connectivity index (χ1v) is 12.3. The van der Waals surface area contributed by atoms with E-state index in [4.69, 9.17) is 16.3 Å². The lowest BCUT2D eigenvalue weighted by molar-refractivity contribution is -0.745. The Hall–Kier alpha value is -4.15. The molecule has 5 heteroatoms. The Kier molecular flexibility index (Phi) is 6.96. The molecule has 0 spiro atoms. The molecule has 0 saturated heterocycles. The van der Waals surface area contributed by atoms with Gasteiger partial charge in [-0.2, -0.15) is 0 Å². The highest BCUT2D eigenvalue weighted by Crippen LogP contribution is 2.40. The molecule has 1 heterocycles. The third-order valence-electron chi connectivity index (χ3n) is 6.00. The van der Waals surface area contributed by atoms with Gasteiger partial charge < -0.3 is 4.74 Å². The predicted molar refractivity (Wildman–Crippen MR) is 144 cm³/mol. The van der Waals surface area contributed by atoms with Gasteiger partial charge in [0.2, 0.25) is 5.69 Å². The molecule has 0 saturated carbocycles. The van der Waals surface area contributed by atoms with Crippen LogP contribution in [0.5, 0.6) is 0 Å². The second-order valence-electron chi connectivity index (χ2n) is 8.32. The maximum atomic E-state index is 12.9. The van der Waals surface area contributed by atoms with Crippen molar-refractivity contribution in [3.05, 3.63) is 120 Å². The molecule has 0 N–H and O–H groups in total. The van der Waals surface area contributed by atoms with E-state index in [9.17, 15) is 4.79 Å². The van der Waals surface area contributed by atoms with Crippen LogP contribution in [-0.4, -0.2) is 17.3 Å². The number of ether oxygens (including phenoxy) is 1. The number of esters is 1. The first kappa shape index (κ1) is 23.6. The molecule has 0 atom stereocenters. The number of hydrogen-bond acceptors (Lipinski definition) is 2. The van der Waals surface area contributed by atoms with Crippen molar-refractivity contribution in [2.45, 2.75) is 13.5 Å². The van der Waals surface area contributed by atoms with Crippen molar-refractivity contribution in [2.24, 2.45) is 0 Å². The predicted octanol–water partition coefficient (Wildman–Crippen LogP) is 6.98. The number of benzene rings is 4. The standard InChI is InChI=1S/C31H26ClN2O2/c1-2-36-28(35)22-33-30(25-18-20-26(32)21-19-25)29(23-12-6-3-7-13-23)31(24-14-8-4-9-15-24)34(33)27-16-10-5-11-17-27/h3-21H,2,22H2,1H3/q+1. The molecule has 0 unspecified atom stereocenters. The second kappa shape index (κ2) is 10.6. The molecule has 0 bridgehead atoms. The van der Waals surface area contributed by atoms with Crippen LogP contribution in [0.4, 0.5) is 0 Å². The Morgan fingerprint density at radius 3 is 1.89 bits per heavy atom. The lowest BCUT2D eigenvalue weighted by Crippen LogP contribution is -2.47. The van der Waals surface area contributed by atoms with Crippen molar-refractivity contribution in [1.29, 1.82) is 0 Å². The zero-order valence-corrected chi connectivity index (χ0v) is 20.7. The van der Waals surface area contributed by atoms with Crippen molar-refractivity contribution < 1.29 is 14.2 Å². The van der Waals surface area contributed by atoms with E-state index in [1.54, 1.807) is 0 Å². The Balaban J connectivity index is 1.95. The summed E-state index contributed by atoms with van der Waals surface area (Å²) >= 11 is 6.26. The van der Waals surface area contributed by atoms with Crippen LogP contribution < -0.4 is 4.68 Å². The average molecular weight is 494 g/mol.